The average Bonchev–Trinajstić information content (AvgIpc) is 2.96. The van der Waals surface area contributed by atoms with Gasteiger partial charge in [0.25, 0.3) is 0 Å². The van der Waals surface area contributed by atoms with E-state index in [4.69, 9.17) is 10.2 Å². The molecule has 0 saturated carbocycles. The predicted molar refractivity (Wildman–Crippen MR) is 94.6 cm³/mol. The molecule has 120 valence electrons. The molecule has 0 aromatic carbocycles. The first-order valence-electron chi connectivity index (χ1n) is 7.05. The molecule has 0 atom stereocenters. The van der Waals surface area contributed by atoms with Crippen LogP contribution < -0.4 is 16.4 Å². The van der Waals surface area contributed by atoms with Crippen LogP contribution in [0.5, 0.6) is 0 Å². The van der Waals surface area contributed by atoms with Gasteiger partial charge in [0.2, 0.25) is 5.91 Å². The Hall–Kier alpha value is -1.25. The van der Waals surface area contributed by atoms with Crippen molar-refractivity contribution < 1.29 is 9.21 Å². The Labute approximate surface area is 143 Å². The number of amides is 1. The normalized spacial score (nSPS) is 10.8. The minimum atomic E-state index is -0.183. The van der Waals surface area contributed by atoms with Crippen molar-refractivity contribution in [1.29, 1.82) is 0 Å². The third-order valence-corrected chi connectivity index (χ3v) is 2.77. The summed E-state index contributed by atoms with van der Waals surface area (Å²) in [7, 11) is 0. The van der Waals surface area contributed by atoms with Crippen LogP contribution >= 0.6 is 24.0 Å². The van der Waals surface area contributed by atoms with E-state index in [2.05, 4.69) is 22.5 Å². The molecule has 0 aliphatic heterocycles. The molecule has 0 saturated heterocycles. The molecule has 0 fully saturated rings. The summed E-state index contributed by atoms with van der Waals surface area (Å²) in [6.45, 7) is 3.36. The van der Waals surface area contributed by atoms with Crippen LogP contribution in [-0.2, 0) is 11.3 Å². The average molecular weight is 408 g/mol. The van der Waals surface area contributed by atoms with Crippen LogP contribution in [0.2, 0.25) is 0 Å². The van der Waals surface area contributed by atoms with Gasteiger partial charge in [-0.3, -0.25) is 4.79 Å². The third kappa shape index (κ3) is 10.2. The quantitative estimate of drug-likeness (QED) is 0.252. The van der Waals surface area contributed by atoms with E-state index in [9.17, 15) is 4.79 Å². The lowest BCUT2D eigenvalue weighted by Crippen LogP contribution is -2.34. The Morgan fingerprint density at radius 2 is 2.14 bits per heavy atom. The topological polar surface area (TPSA) is 92.6 Å². The molecule has 0 bridgehead atoms. The maximum atomic E-state index is 11.5. The molecular formula is C14H25IN4O2. The van der Waals surface area contributed by atoms with Crippen LogP contribution in [0.15, 0.2) is 27.8 Å². The number of carbonyl (C=O) groups is 1. The van der Waals surface area contributed by atoms with Crippen LogP contribution in [0.4, 0.5) is 0 Å². The Kier molecular flexibility index (Phi) is 11.7. The fourth-order valence-corrected chi connectivity index (χ4v) is 1.64. The minimum Gasteiger partial charge on any atom is -0.467 e. The van der Waals surface area contributed by atoms with Crippen molar-refractivity contribution in [2.24, 2.45) is 10.7 Å². The van der Waals surface area contributed by atoms with Gasteiger partial charge in [-0.05, 0) is 18.6 Å². The summed E-state index contributed by atoms with van der Waals surface area (Å²) in [5.74, 6) is 0.844. The van der Waals surface area contributed by atoms with Crippen molar-refractivity contribution in [2.45, 2.75) is 39.2 Å². The molecule has 0 spiro atoms. The zero-order valence-electron chi connectivity index (χ0n) is 12.4. The van der Waals surface area contributed by atoms with E-state index in [1.54, 1.807) is 18.4 Å². The number of aliphatic imine (C=N–C) groups is 1. The van der Waals surface area contributed by atoms with Crippen molar-refractivity contribution in [3.63, 3.8) is 0 Å². The maximum absolute atomic E-state index is 11.5. The first-order chi connectivity index (χ1) is 9.72. The number of unbranched alkanes of at least 4 members (excludes halogenated alkanes) is 3. The van der Waals surface area contributed by atoms with Gasteiger partial charge in [-0.2, -0.15) is 0 Å². The van der Waals surface area contributed by atoms with E-state index in [-0.39, 0.29) is 36.4 Å². The molecule has 4 N–H and O–H groups in total. The lowest BCUT2D eigenvalue weighted by Gasteiger charge is -2.05. The van der Waals surface area contributed by atoms with Crippen LogP contribution in [0.3, 0.4) is 0 Å². The molecule has 1 aromatic heterocycles. The Morgan fingerprint density at radius 3 is 2.81 bits per heavy atom. The van der Waals surface area contributed by atoms with E-state index < -0.39 is 0 Å². The fraction of sp³-hybridized carbons (Fsp3) is 0.571. The molecule has 1 amide bonds. The van der Waals surface area contributed by atoms with Gasteiger partial charge in [0, 0.05) is 6.54 Å². The maximum Gasteiger partial charge on any atom is 0.242 e. The van der Waals surface area contributed by atoms with Gasteiger partial charge in [0.05, 0.1) is 12.8 Å². The number of furan rings is 1. The molecule has 0 aliphatic rings. The number of nitrogens with two attached hydrogens (primary N) is 1. The zero-order chi connectivity index (χ0) is 14.6. The zero-order valence-corrected chi connectivity index (χ0v) is 14.8. The van der Waals surface area contributed by atoms with Crippen LogP contribution in [0.25, 0.3) is 0 Å². The second-order valence-corrected chi connectivity index (χ2v) is 4.54. The predicted octanol–water partition coefficient (Wildman–Crippen LogP) is 2.00. The first-order valence-corrected chi connectivity index (χ1v) is 7.05. The van der Waals surface area contributed by atoms with Crippen molar-refractivity contribution in [2.75, 3.05) is 13.1 Å². The molecule has 1 rings (SSSR count). The Morgan fingerprint density at radius 1 is 1.33 bits per heavy atom. The van der Waals surface area contributed by atoms with E-state index in [1.165, 1.54) is 19.3 Å². The van der Waals surface area contributed by atoms with Gasteiger partial charge in [-0.1, -0.05) is 26.2 Å². The van der Waals surface area contributed by atoms with Crippen LogP contribution in [-0.4, -0.2) is 25.0 Å². The number of hydrogen-bond donors (Lipinski definition) is 3. The van der Waals surface area contributed by atoms with Gasteiger partial charge in [-0.25, -0.2) is 4.99 Å². The third-order valence-electron chi connectivity index (χ3n) is 2.77. The van der Waals surface area contributed by atoms with Gasteiger partial charge < -0.3 is 20.8 Å². The number of carbonyl (C=O) groups excluding carboxylic acids is 1. The molecule has 21 heavy (non-hydrogen) atoms. The smallest absolute Gasteiger partial charge is 0.242 e. The number of nitrogens with zero attached hydrogens (tertiary/aromatic N) is 1. The van der Waals surface area contributed by atoms with Gasteiger partial charge >= 0.3 is 0 Å². The first kappa shape index (κ1) is 19.8. The van der Waals surface area contributed by atoms with Crippen molar-refractivity contribution in [1.82, 2.24) is 10.6 Å². The molecular weight excluding hydrogens is 383 g/mol. The molecule has 0 aliphatic carbocycles. The van der Waals surface area contributed by atoms with Crippen molar-refractivity contribution in [3.8, 4) is 0 Å². The van der Waals surface area contributed by atoms with Crippen molar-refractivity contribution in [3.05, 3.63) is 24.2 Å². The minimum absolute atomic E-state index is 0. The van der Waals surface area contributed by atoms with E-state index in [1.807, 2.05) is 0 Å². The summed E-state index contributed by atoms with van der Waals surface area (Å²) in [5.41, 5.74) is 5.67. The number of guanidine groups is 1. The fourth-order valence-electron chi connectivity index (χ4n) is 1.64. The summed E-state index contributed by atoms with van der Waals surface area (Å²) in [5, 5.41) is 5.70. The highest BCUT2D eigenvalue weighted by atomic mass is 127. The standard InChI is InChI=1S/C14H24N4O2.HI/c1-2-3-4-5-8-16-14(15)18-11-13(19)17-10-12-7-6-9-20-12;/h6-7,9H,2-5,8,10-11H2,1H3,(H,17,19)(H3,15,16,18);1H. The molecule has 0 unspecified atom stereocenters. The summed E-state index contributed by atoms with van der Waals surface area (Å²) in [6, 6.07) is 3.58. The summed E-state index contributed by atoms with van der Waals surface area (Å²) >= 11 is 0. The molecule has 7 heteroatoms. The van der Waals surface area contributed by atoms with Crippen LogP contribution in [0.1, 0.15) is 38.4 Å². The van der Waals surface area contributed by atoms with Crippen molar-refractivity contribution >= 4 is 35.8 Å². The highest BCUT2D eigenvalue weighted by Crippen LogP contribution is 1.98. The summed E-state index contributed by atoms with van der Waals surface area (Å²) in [6.07, 6.45) is 6.25. The molecule has 0 radical (unpaired) electrons. The van der Waals surface area contributed by atoms with Gasteiger partial charge in [0.1, 0.15) is 12.3 Å². The Bertz CT molecular complexity index is 407. The molecule has 1 heterocycles. The van der Waals surface area contributed by atoms with Gasteiger partial charge in [0.15, 0.2) is 5.96 Å². The van der Waals surface area contributed by atoms with Gasteiger partial charge in [-0.15, -0.1) is 24.0 Å². The lowest BCUT2D eigenvalue weighted by molar-refractivity contribution is -0.119. The number of rotatable bonds is 9. The number of hydrogen-bond acceptors (Lipinski definition) is 3. The highest BCUT2D eigenvalue weighted by molar-refractivity contribution is 14.0. The number of nitrogens with one attached hydrogen (secondary N) is 2. The Balaban J connectivity index is 0.00000400. The summed E-state index contributed by atoms with van der Waals surface area (Å²) in [4.78, 5) is 15.5. The SMILES string of the molecule is CCCCCCNC(N)=NCC(=O)NCc1ccco1.I. The molecule has 1 aromatic rings. The highest BCUT2D eigenvalue weighted by Gasteiger charge is 2.02. The second kappa shape index (κ2) is 12.5. The summed E-state index contributed by atoms with van der Waals surface area (Å²) < 4.78 is 5.11. The van der Waals surface area contributed by atoms with Crippen LogP contribution in [0, 0.1) is 0 Å². The second-order valence-electron chi connectivity index (χ2n) is 4.54. The molecule has 6 nitrogen and oxygen atoms in total. The number of halogens is 1. The van der Waals surface area contributed by atoms with E-state index in [0.29, 0.717) is 18.3 Å². The monoisotopic (exact) mass is 408 g/mol. The largest absolute Gasteiger partial charge is 0.467 e. The van der Waals surface area contributed by atoms with E-state index in [0.717, 1.165) is 13.0 Å². The lowest BCUT2D eigenvalue weighted by atomic mass is 10.2. The van der Waals surface area contributed by atoms with E-state index >= 15 is 0 Å².